The fourth-order valence-corrected chi connectivity index (χ4v) is 3.09. The minimum absolute atomic E-state index is 0.104. The van der Waals surface area contributed by atoms with E-state index in [1.807, 2.05) is 0 Å². The van der Waals surface area contributed by atoms with Crippen LogP contribution in [0.1, 0.15) is 24.8 Å². The molecule has 1 aromatic rings. The molecule has 5 heteroatoms. The van der Waals surface area contributed by atoms with Crippen LogP contribution in [0.3, 0.4) is 0 Å². The second kappa shape index (κ2) is 5.30. The Balaban J connectivity index is 2.07. The molecule has 1 aliphatic carbocycles. The smallest absolute Gasteiger partial charge is 0.236 e. The molecule has 0 radical (unpaired) electrons. The normalized spacial score (nSPS) is 24.0. The van der Waals surface area contributed by atoms with Gasteiger partial charge in [0.05, 0.1) is 17.8 Å². The summed E-state index contributed by atoms with van der Waals surface area (Å²) in [6.07, 6.45) is 2.13. The van der Waals surface area contributed by atoms with Gasteiger partial charge in [0.1, 0.15) is 5.82 Å². The topological polar surface area (TPSA) is 63.4 Å². The number of hydrogen-bond donors (Lipinski definition) is 1. The molecule has 2 bridgehead atoms. The summed E-state index contributed by atoms with van der Waals surface area (Å²) >= 11 is 0. The first-order valence-corrected chi connectivity index (χ1v) is 6.98. The van der Waals surface area contributed by atoms with Crippen LogP contribution in [0.2, 0.25) is 0 Å². The van der Waals surface area contributed by atoms with Gasteiger partial charge in [-0.2, -0.15) is 0 Å². The third kappa shape index (κ3) is 2.32. The van der Waals surface area contributed by atoms with Crippen LogP contribution in [0.15, 0.2) is 18.2 Å². The van der Waals surface area contributed by atoms with Crippen molar-refractivity contribution >= 4 is 17.5 Å². The minimum Gasteiger partial charge on any atom is -0.320 e. The molecule has 1 saturated heterocycles. The molecule has 2 aliphatic rings. The average Bonchev–Trinajstić information content (AvgIpc) is 2.92. The van der Waals surface area contributed by atoms with Gasteiger partial charge in [-0.25, -0.2) is 9.29 Å². The first-order chi connectivity index (χ1) is 10.1. The van der Waals surface area contributed by atoms with Gasteiger partial charge in [0.2, 0.25) is 11.8 Å². The van der Waals surface area contributed by atoms with Gasteiger partial charge >= 0.3 is 0 Å². The minimum atomic E-state index is -0.458. The molecule has 2 amide bonds. The molecule has 1 heterocycles. The van der Waals surface area contributed by atoms with E-state index in [4.69, 9.17) is 5.73 Å². The number of imide groups is 1. The van der Waals surface area contributed by atoms with E-state index in [9.17, 15) is 14.0 Å². The molecule has 108 valence electrons. The third-order valence-electron chi connectivity index (χ3n) is 4.10. The second-order valence-corrected chi connectivity index (χ2v) is 5.39. The van der Waals surface area contributed by atoms with E-state index >= 15 is 0 Å². The first-order valence-electron chi connectivity index (χ1n) is 6.98. The maximum absolute atomic E-state index is 13.4. The number of piperidine rings is 1. The highest BCUT2D eigenvalue weighted by atomic mass is 19.1. The fourth-order valence-electron chi connectivity index (χ4n) is 3.09. The molecule has 1 aliphatic heterocycles. The number of carbonyl (C=O) groups excluding carboxylic acids is 2. The van der Waals surface area contributed by atoms with Crippen molar-refractivity contribution in [2.24, 2.45) is 17.6 Å². The summed E-state index contributed by atoms with van der Waals surface area (Å²) in [5.74, 6) is 4.32. The fraction of sp³-hybridized carbons (Fsp3) is 0.375. The van der Waals surface area contributed by atoms with Crippen molar-refractivity contribution in [1.29, 1.82) is 0 Å². The SMILES string of the molecule is NCC#Cc1cc(F)ccc1N1C(=O)C2CCC(C2)C1=O. The van der Waals surface area contributed by atoms with Gasteiger partial charge in [0.15, 0.2) is 0 Å². The Bertz CT molecular complexity index is 653. The summed E-state index contributed by atoms with van der Waals surface area (Å²) in [5.41, 5.74) is 6.02. The van der Waals surface area contributed by atoms with Crippen LogP contribution in [0.4, 0.5) is 10.1 Å². The molecule has 0 spiro atoms. The van der Waals surface area contributed by atoms with E-state index in [1.54, 1.807) is 0 Å². The Morgan fingerprint density at radius 3 is 2.52 bits per heavy atom. The lowest BCUT2D eigenvalue weighted by Crippen LogP contribution is -2.46. The molecule has 2 atom stereocenters. The van der Waals surface area contributed by atoms with Crippen molar-refractivity contribution in [3.63, 3.8) is 0 Å². The van der Waals surface area contributed by atoms with Gasteiger partial charge in [0, 0.05) is 11.8 Å². The predicted molar refractivity (Wildman–Crippen MR) is 75.7 cm³/mol. The Morgan fingerprint density at radius 1 is 1.24 bits per heavy atom. The first kappa shape index (κ1) is 13.8. The Labute approximate surface area is 122 Å². The molecule has 21 heavy (non-hydrogen) atoms. The summed E-state index contributed by atoms with van der Waals surface area (Å²) in [4.78, 5) is 26.1. The lowest BCUT2D eigenvalue weighted by atomic mass is 9.95. The van der Waals surface area contributed by atoms with Gasteiger partial charge in [0.25, 0.3) is 0 Å². The van der Waals surface area contributed by atoms with Crippen molar-refractivity contribution in [2.45, 2.75) is 19.3 Å². The summed E-state index contributed by atoms with van der Waals surface area (Å²) in [5, 5.41) is 0. The van der Waals surface area contributed by atoms with Gasteiger partial charge < -0.3 is 5.73 Å². The van der Waals surface area contributed by atoms with E-state index < -0.39 is 5.82 Å². The van der Waals surface area contributed by atoms with E-state index in [0.29, 0.717) is 17.7 Å². The Morgan fingerprint density at radius 2 is 1.90 bits per heavy atom. The van der Waals surface area contributed by atoms with Crippen LogP contribution in [0.5, 0.6) is 0 Å². The Hall–Kier alpha value is -2.19. The van der Waals surface area contributed by atoms with Gasteiger partial charge in [-0.1, -0.05) is 11.8 Å². The number of fused-ring (bicyclic) bond motifs is 2. The van der Waals surface area contributed by atoms with Crippen LogP contribution >= 0.6 is 0 Å². The predicted octanol–water partition coefficient (Wildman–Crippen LogP) is 1.43. The van der Waals surface area contributed by atoms with Crippen molar-refractivity contribution in [2.75, 3.05) is 11.4 Å². The number of benzene rings is 1. The van der Waals surface area contributed by atoms with E-state index in [1.165, 1.54) is 23.1 Å². The molecular weight excluding hydrogens is 271 g/mol. The number of anilines is 1. The summed E-state index contributed by atoms with van der Waals surface area (Å²) in [6.45, 7) is 0.128. The summed E-state index contributed by atoms with van der Waals surface area (Å²) in [6, 6.07) is 3.91. The molecule has 1 aromatic carbocycles. The highest BCUT2D eigenvalue weighted by Crippen LogP contribution is 2.40. The van der Waals surface area contributed by atoms with Gasteiger partial charge in [-0.15, -0.1) is 0 Å². The number of nitrogens with zero attached hydrogens (tertiary/aromatic N) is 1. The second-order valence-electron chi connectivity index (χ2n) is 5.39. The van der Waals surface area contributed by atoms with Crippen LogP contribution in [0.25, 0.3) is 0 Å². The number of rotatable bonds is 1. The van der Waals surface area contributed by atoms with Crippen LogP contribution in [-0.2, 0) is 9.59 Å². The molecular formula is C16H15FN2O2. The number of carbonyl (C=O) groups is 2. The van der Waals surface area contributed by atoms with E-state index in [0.717, 1.165) is 12.8 Å². The van der Waals surface area contributed by atoms with Crippen molar-refractivity contribution in [3.8, 4) is 11.8 Å². The molecule has 3 rings (SSSR count). The molecule has 0 aromatic heterocycles. The quantitative estimate of drug-likeness (QED) is 0.627. The van der Waals surface area contributed by atoms with Crippen LogP contribution in [-0.4, -0.2) is 18.4 Å². The number of halogens is 1. The maximum atomic E-state index is 13.4. The summed E-state index contributed by atoms with van der Waals surface area (Å²) in [7, 11) is 0. The zero-order valence-corrected chi connectivity index (χ0v) is 11.4. The largest absolute Gasteiger partial charge is 0.320 e. The monoisotopic (exact) mass is 286 g/mol. The lowest BCUT2D eigenvalue weighted by Gasteiger charge is -2.30. The number of amides is 2. The lowest BCUT2D eigenvalue weighted by molar-refractivity contribution is -0.133. The third-order valence-corrected chi connectivity index (χ3v) is 4.10. The summed E-state index contributed by atoms with van der Waals surface area (Å²) < 4.78 is 13.4. The van der Waals surface area contributed by atoms with Crippen molar-refractivity contribution < 1.29 is 14.0 Å². The van der Waals surface area contributed by atoms with Gasteiger partial charge in [-0.05, 0) is 37.5 Å². The average molecular weight is 286 g/mol. The Kier molecular flexibility index (Phi) is 3.48. The molecule has 1 saturated carbocycles. The maximum Gasteiger partial charge on any atom is 0.236 e. The standard InChI is InChI=1S/C16H15FN2O2/c17-13-5-6-14(10(9-13)2-1-7-18)19-15(20)11-3-4-12(8-11)16(19)21/h5-6,9,11-12H,3-4,7-8,18H2. The van der Waals surface area contributed by atoms with E-state index in [2.05, 4.69) is 11.8 Å². The van der Waals surface area contributed by atoms with Gasteiger partial charge in [-0.3, -0.25) is 9.59 Å². The number of nitrogens with two attached hydrogens (primary N) is 1. The van der Waals surface area contributed by atoms with Crippen LogP contribution in [0, 0.1) is 29.5 Å². The zero-order chi connectivity index (χ0) is 15.0. The van der Waals surface area contributed by atoms with E-state index in [-0.39, 0.29) is 30.2 Å². The molecule has 2 unspecified atom stereocenters. The molecule has 2 N–H and O–H groups in total. The van der Waals surface area contributed by atoms with Crippen molar-refractivity contribution in [3.05, 3.63) is 29.6 Å². The van der Waals surface area contributed by atoms with Crippen molar-refractivity contribution in [1.82, 2.24) is 0 Å². The molecule has 2 fully saturated rings. The van der Waals surface area contributed by atoms with Crippen LogP contribution < -0.4 is 10.6 Å². The highest BCUT2D eigenvalue weighted by Gasteiger charge is 2.46. The highest BCUT2D eigenvalue weighted by molar-refractivity contribution is 6.19. The molecule has 4 nitrogen and oxygen atoms in total. The zero-order valence-electron chi connectivity index (χ0n) is 11.4. The number of hydrogen-bond acceptors (Lipinski definition) is 3.